The second-order valence-electron chi connectivity index (χ2n) is 0. The van der Waals surface area contributed by atoms with Gasteiger partial charge in [-0.25, -0.2) is 0 Å². The Morgan fingerprint density at radius 2 is 0.600 bits per heavy atom. The molecular formula is FeO3Ti+. The predicted molar refractivity (Wildman–Crippen MR) is 2.06 cm³/mol. The van der Waals surface area contributed by atoms with Crippen LogP contribution in [0.15, 0.2) is 0 Å². The topological polar surface area (TPSA) is 85.5 Å². The van der Waals surface area contributed by atoms with Gasteiger partial charge in [-0.15, -0.1) is 0 Å². The molecule has 29 valence electrons. The Morgan fingerprint density at radius 1 is 0.600 bits per heavy atom. The van der Waals surface area contributed by atoms with Crippen molar-refractivity contribution in [2.45, 2.75) is 0 Å². The maximum atomic E-state index is 0. The molecule has 0 spiro atoms. The average molecular weight is 152 g/mol. The first kappa shape index (κ1) is 129. The maximum Gasteiger partial charge on any atom is 4.00 e. The molecule has 1 radical (unpaired) electrons. The second kappa shape index (κ2) is 69.8. The summed E-state index contributed by atoms with van der Waals surface area (Å²) in [7, 11) is 0. The van der Waals surface area contributed by atoms with Crippen LogP contribution in [0.25, 0.3) is 0 Å². The Hall–Kier alpha value is 1.11. The third-order valence-electron chi connectivity index (χ3n) is 0. The van der Waals surface area contributed by atoms with Gasteiger partial charge in [0.2, 0.25) is 0 Å². The van der Waals surface area contributed by atoms with Crippen LogP contribution in [0.5, 0.6) is 0 Å². The minimum atomic E-state index is 0. The van der Waals surface area contributed by atoms with E-state index >= 15 is 0 Å². The van der Waals surface area contributed by atoms with E-state index in [0.29, 0.717) is 0 Å². The Bertz CT molecular complexity index is 6.85. The van der Waals surface area contributed by atoms with Crippen LogP contribution in [0.4, 0.5) is 0 Å². The molecule has 0 fully saturated rings. The maximum absolute atomic E-state index is 0. The Balaban J connectivity index is 0. The van der Waals surface area contributed by atoms with Crippen LogP contribution < -0.4 is 0 Å². The van der Waals surface area contributed by atoms with Crippen LogP contribution >= 0.6 is 0 Å². The first-order chi connectivity index (χ1) is 0. The molecule has 0 aromatic rings. The van der Waals surface area contributed by atoms with Crippen molar-refractivity contribution in [3.63, 3.8) is 0 Å². The molecule has 3 nitrogen and oxygen atoms in total. The summed E-state index contributed by atoms with van der Waals surface area (Å²) in [5, 5.41) is 0. The fourth-order valence-corrected chi connectivity index (χ4v) is 0. The van der Waals surface area contributed by atoms with Gasteiger partial charge in [-0.2, -0.15) is 0 Å². The van der Waals surface area contributed by atoms with E-state index in [4.69, 9.17) is 0 Å². The molecule has 0 saturated carbocycles. The molecule has 0 amide bonds. The van der Waals surface area contributed by atoms with E-state index in [1.807, 2.05) is 0 Å². The molecule has 5 heteroatoms. The molecule has 0 atom stereocenters. The fraction of sp³-hybridized carbons (Fsp3) is 0. The molecule has 0 aromatic heterocycles. The van der Waals surface area contributed by atoms with Crippen molar-refractivity contribution in [3.05, 3.63) is 0 Å². The molecule has 0 aliphatic heterocycles. The fourth-order valence-electron chi connectivity index (χ4n) is 0. The van der Waals surface area contributed by atoms with Crippen LogP contribution in [0.2, 0.25) is 0 Å². The second-order valence-corrected chi connectivity index (χ2v) is 0. The van der Waals surface area contributed by atoms with Crippen molar-refractivity contribution in [2.75, 3.05) is 0 Å². The largest absolute Gasteiger partial charge is 4.00 e. The van der Waals surface area contributed by atoms with E-state index in [9.17, 15) is 0 Å². The van der Waals surface area contributed by atoms with Crippen LogP contribution in [-0.4, -0.2) is 0 Å². The van der Waals surface area contributed by atoms with E-state index in [-0.39, 0.29) is 55.2 Å². The van der Waals surface area contributed by atoms with Gasteiger partial charge in [0.25, 0.3) is 0 Å². The van der Waals surface area contributed by atoms with Gasteiger partial charge in [-0.05, 0) is 0 Å². The smallest absolute Gasteiger partial charge is 2.00 e. The van der Waals surface area contributed by atoms with E-state index in [1.165, 1.54) is 0 Å². The van der Waals surface area contributed by atoms with Crippen molar-refractivity contribution in [2.24, 2.45) is 0 Å². The Kier molecular flexibility index (Phi) is 1800. The minimum absolute atomic E-state index is 0. The number of rotatable bonds is 0. The zero-order valence-corrected chi connectivity index (χ0v) is 4.74. The zero-order valence-electron chi connectivity index (χ0n) is 2.08. The van der Waals surface area contributed by atoms with E-state index in [2.05, 4.69) is 0 Å². The summed E-state index contributed by atoms with van der Waals surface area (Å²) < 4.78 is 0. The van der Waals surface area contributed by atoms with Crippen LogP contribution in [0.3, 0.4) is 0 Å². The molecule has 0 N–H and O–H groups in total. The molecule has 0 aromatic carbocycles. The zero-order chi connectivity index (χ0) is 0. The monoisotopic (exact) mass is 152 g/mol. The third kappa shape index (κ3) is 40.0. The van der Waals surface area contributed by atoms with Gasteiger partial charge in [0, 0.05) is 0 Å². The molecule has 0 rings (SSSR count). The van der Waals surface area contributed by atoms with Crippen LogP contribution in [0.1, 0.15) is 0 Å². The molecule has 0 bridgehead atoms. The summed E-state index contributed by atoms with van der Waals surface area (Å²) in [5.74, 6) is 0. The van der Waals surface area contributed by atoms with Crippen molar-refractivity contribution in [3.8, 4) is 0 Å². The Labute approximate surface area is 55.4 Å². The van der Waals surface area contributed by atoms with E-state index in [1.54, 1.807) is 0 Å². The summed E-state index contributed by atoms with van der Waals surface area (Å²) in [6.45, 7) is 0. The first-order valence-corrected chi connectivity index (χ1v) is 0. The average Bonchev–Trinajstić information content (AvgIpc) is 0. The molecule has 0 heterocycles. The third-order valence-corrected chi connectivity index (χ3v) is 0. The molecule has 5 heavy (non-hydrogen) atoms. The Morgan fingerprint density at radius 3 is 0.600 bits per heavy atom. The van der Waals surface area contributed by atoms with Crippen LogP contribution in [-0.2, 0) is 55.2 Å². The van der Waals surface area contributed by atoms with Crippen molar-refractivity contribution >= 4 is 0 Å². The SMILES string of the molecule is [Fe+3].[O-2].[O-2].[O-2].[Ti+4]. The van der Waals surface area contributed by atoms with Gasteiger partial charge in [0.1, 0.15) is 0 Å². The molecule has 0 saturated heterocycles. The predicted octanol–water partition coefficient (Wildman–Crippen LogP) is -0.361. The van der Waals surface area contributed by atoms with Crippen molar-refractivity contribution < 1.29 is 55.2 Å². The van der Waals surface area contributed by atoms with E-state index in [0.717, 1.165) is 0 Å². The normalized spacial score (nSPS) is 0. The van der Waals surface area contributed by atoms with Gasteiger partial charge < -0.3 is 16.4 Å². The molecular weight excluding hydrogens is 152 g/mol. The number of hydrogen-bond acceptors (Lipinski definition) is 0. The molecule has 0 aliphatic carbocycles. The van der Waals surface area contributed by atoms with Gasteiger partial charge in [-0.1, -0.05) is 0 Å². The van der Waals surface area contributed by atoms with Crippen molar-refractivity contribution in [1.29, 1.82) is 0 Å². The van der Waals surface area contributed by atoms with E-state index < -0.39 is 0 Å². The standard InChI is InChI=1S/Fe.3O.Ti/q+3;3*-2;+4. The quantitative estimate of drug-likeness (QED) is 0.424. The van der Waals surface area contributed by atoms with Gasteiger partial charge in [0.15, 0.2) is 0 Å². The van der Waals surface area contributed by atoms with Crippen molar-refractivity contribution in [1.82, 2.24) is 0 Å². The minimum Gasteiger partial charge on any atom is -2.00 e. The summed E-state index contributed by atoms with van der Waals surface area (Å²) >= 11 is 0. The number of hydrogen-bond donors (Lipinski definition) is 0. The van der Waals surface area contributed by atoms with Gasteiger partial charge in [-0.3, -0.25) is 0 Å². The van der Waals surface area contributed by atoms with Gasteiger partial charge >= 0.3 is 38.8 Å². The summed E-state index contributed by atoms with van der Waals surface area (Å²) in [5.41, 5.74) is 0. The summed E-state index contributed by atoms with van der Waals surface area (Å²) in [6, 6.07) is 0. The summed E-state index contributed by atoms with van der Waals surface area (Å²) in [4.78, 5) is 0. The summed E-state index contributed by atoms with van der Waals surface area (Å²) in [6.07, 6.45) is 0. The van der Waals surface area contributed by atoms with Crippen LogP contribution in [0, 0.1) is 0 Å². The molecule has 0 aliphatic rings. The van der Waals surface area contributed by atoms with Gasteiger partial charge in [0.05, 0.1) is 0 Å². The first-order valence-electron chi connectivity index (χ1n) is 0. The molecule has 0 unspecified atom stereocenters.